The third kappa shape index (κ3) is 9.24. The summed E-state index contributed by atoms with van der Waals surface area (Å²) in [7, 11) is -2.63. The summed E-state index contributed by atoms with van der Waals surface area (Å²) in [6.45, 7) is 3.89. The zero-order chi connectivity index (χ0) is 26.6. The molecule has 0 aliphatic carbocycles. The molecule has 0 aromatic heterocycles. The number of rotatable bonds is 10. The van der Waals surface area contributed by atoms with E-state index in [2.05, 4.69) is 5.32 Å². The molecule has 0 spiro atoms. The van der Waals surface area contributed by atoms with E-state index in [0.29, 0.717) is 40.7 Å². The number of carbonyl (C=O) groups excluding carboxylic acids is 2. The highest BCUT2D eigenvalue weighted by Gasteiger charge is 2.39. The minimum absolute atomic E-state index is 0.109. The number of nitrogens with two attached hydrogens (primary N) is 1. The standard InChI is InChI=1S/C20H25ClN2O5.C2H6O4S/c1-4-28-20(25)18-15(11-27-10-9-22)23-12(2)16(19(24)26-3)17(18)13-7-5-6-8-14(13)21;3-1-2-7(4,5)6/h5-8,17,23H,4,9-11,22H2,1-3H3;3H,1-2H2,(H,4,5,6)/t17-;/m0./s1. The Balaban J connectivity index is 0.000000762. The maximum atomic E-state index is 12.9. The van der Waals surface area contributed by atoms with Crippen molar-refractivity contribution in [3.05, 3.63) is 57.4 Å². The Morgan fingerprint density at radius 3 is 2.34 bits per heavy atom. The highest BCUT2D eigenvalue weighted by Crippen LogP contribution is 2.41. The minimum atomic E-state index is -3.92. The zero-order valence-corrected chi connectivity index (χ0v) is 21.3. The highest BCUT2D eigenvalue weighted by molar-refractivity contribution is 7.85. The maximum Gasteiger partial charge on any atom is 0.336 e. The number of esters is 2. The van der Waals surface area contributed by atoms with Crippen molar-refractivity contribution in [2.45, 2.75) is 19.8 Å². The smallest absolute Gasteiger partial charge is 0.336 e. The Hall–Kier alpha value is -2.48. The molecule has 0 fully saturated rings. The van der Waals surface area contributed by atoms with E-state index in [1.54, 1.807) is 38.1 Å². The number of nitrogens with one attached hydrogen (secondary N) is 1. The summed E-state index contributed by atoms with van der Waals surface area (Å²) in [4.78, 5) is 25.5. The quantitative estimate of drug-likeness (QED) is 0.192. The molecular formula is C22H31ClN2O9S. The summed E-state index contributed by atoms with van der Waals surface area (Å²) in [6, 6.07) is 7.05. The van der Waals surface area contributed by atoms with Gasteiger partial charge in [0.15, 0.2) is 0 Å². The second-order valence-electron chi connectivity index (χ2n) is 7.07. The van der Waals surface area contributed by atoms with Crippen LogP contribution in [0.15, 0.2) is 46.8 Å². The number of hydrogen-bond donors (Lipinski definition) is 4. The molecule has 2 rings (SSSR count). The average molecular weight is 535 g/mol. The van der Waals surface area contributed by atoms with Crippen LogP contribution in [0.3, 0.4) is 0 Å². The van der Waals surface area contributed by atoms with Crippen LogP contribution in [-0.4, -0.2) is 75.9 Å². The zero-order valence-electron chi connectivity index (χ0n) is 19.7. The Morgan fingerprint density at radius 2 is 1.86 bits per heavy atom. The molecule has 13 heteroatoms. The number of ether oxygens (including phenoxy) is 3. The molecule has 0 radical (unpaired) electrons. The Labute approximate surface area is 209 Å². The molecule has 0 unspecified atom stereocenters. The molecule has 0 amide bonds. The second kappa shape index (κ2) is 14.8. The molecule has 35 heavy (non-hydrogen) atoms. The summed E-state index contributed by atoms with van der Waals surface area (Å²) in [5, 5.41) is 11.4. The molecule has 1 atom stereocenters. The van der Waals surface area contributed by atoms with Crippen LogP contribution in [0.5, 0.6) is 0 Å². The molecule has 1 aliphatic heterocycles. The van der Waals surface area contributed by atoms with Gasteiger partial charge < -0.3 is 30.4 Å². The molecule has 0 saturated heterocycles. The molecule has 196 valence electrons. The number of allylic oxidation sites excluding steroid dienone is 1. The fraction of sp³-hybridized carbons (Fsp3) is 0.455. The van der Waals surface area contributed by atoms with Gasteiger partial charge in [-0.25, -0.2) is 9.59 Å². The molecule has 0 saturated carbocycles. The number of benzene rings is 1. The van der Waals surface area contributed by atoms with Crippen LogP contribution in [0.4, 0.5) is 0 Å². The van der Waals surface area contributed by atoms with Gasteiger partial charge in [0, 0.05) is 17.3 Å². The van der Waals surface area contributed by atoms with Crippen LogP contribution in [0.1, 0.15) is 25.3 Å². The van der Waals surface area contributed by atoms with E-state index < -0.39 is 40.3 Å². The van der Waals surface area contributed by atoms with Crippen LogP contribution in [0.2, 0.25) is 5.02 Å². The predicted molar refractivity (Wildman–Crippen MR) is 129 cm³/mol. The molecule has 1 aromatic carbocycles. The average Bonchev–Trinajstić information content (AvgIpc) is 2.78. The van der Waals surface area contributed by atoms with Gasteiger partial charge in [-0.2, -0.15) is 8.42 Å². The molecule has 1 aliphatic rings. The van der Waals surface area contributed by atoms with Gasteiger partial charge in [-0.3, -0.25) is 4.55 Å². The van der Waals surface area contributed by atoms with Gasteiger partial charge in [0.1, 0.15) is 0 Å². The third-order valence-electron chi connectivity index (χ3n) is 4.62. The number of hydrogen-bond acceptors (Lipinski definition) is 10. The number of dihydropyridines is 1. The monoisotopic (exact) mass is 534 g/mol. The van der Waals surface area contributed by atoms with Gasteiger partial charge in [-0.15, -0.1) is 0 Å². The van der Waals surface area contributed by atoms with Crippen molar-refractivity contribution < 1.29 is 41.9 Å². The summed E-state index contributed by atoms with van der Waals surface area (Å²) in [5.41, 5.74) is 7.70. The SMILES string of the molecule is CCOC(=O)C1=C(COCCN)NC(C)=C(C(=O)OC)[C@@H]1c1ccccc1Cl.O=S(=O)(O)CCO. The molecule has 1 heterocycles. The highest BCUT2D eigenvalue weighted by atomic mass is 35.5. The van der Waals surface area contributed by atoms with E-state index in [-0.39, 0.29) is 18.8 Å². The van der Waals surface area contributed by atoms with Crippen molar-refractivity contribution in [2.24, 2.45) is 5.73 Å². The largest absolute Gasteiger partial charge is 0.466 e. The minimum Gasteiger partial charge on any atom is -0.466 e. The van der Waals surface area contributed by atoms with Gasteiger partial charge in [0.25, 0.3) is 10.1 Å². The van der Waals surface area contributed by atoms with Crippen molar-refractivity contribution in [1.29, 1.82) is 0 Å². The topological polar surface area (TPSA) is 174 Å². The van der Waals surface area contributed by atoms with E-state index in [0.717, 1.165) is 0 Å². The first-order chi connectivity index (χ1) is 16.5. The van der Waals surface area contributed by atoms with Crippen LogP contribution in [0, 0.1) is 0 Å². The van der Waals surface area contributed by atoms with E-state index >= 15 is 0 Å². The fourth-order valence-electron chi connectivity index (χ4n) is 3.23. The first kappa shape index (κ1) is 30.6. The second-order valence-corrected chi connectivity index (χ2v) is 9.05. The van der Waals surface area contributed by atoms with Gasteiger partial charge in [-0.05, 0) is 25.5 Å². The lowest BCUT2D eigenvalue weighted by Gasteiger charge is -2.31. The summed E-state index contributed by atoms with van der Waals surface area (Å²) >= 11 is 6.42. The Kier molecular flexibility index (Phi) is 12.9. The van der Waals surface area contributed by atoms with Crippen LogP contribution in [-0.2, 0) is 33.9 Å². The van der Waals surface area contributed by atoms with Crippen LogP contribution in [0.25, 0.3) is 0 Å². The van der Waals surface area contributed by atoms with Crippen molar-refractivity contribution in [3.63, 3.8) is 0 Å². The third-order valence-corrected chi connectivity index (χ3v) is 5.66. The first-order valence-electron chi connectivity index (χ1n) is 10.6. The lowest BCUT2D eigenvalue weighted by atomic mass is 9.80. The number of aliphatic hydroxyl groups is 1. The van der Waals surface area contributed by atoms with E-state index in [4.69, 9.17) is 41.2 Å². The molecule has 0 bridgehead atoms. The Morgan fingerprint density at radius 1 is 1.20 bits per heavy atom. The van der Waals surface area contributed by atoms with E-state index in [1.807, 2.05) is 0 Å². The van der Waals surface area contributed by atoms with Crippen molar-refractivity contribution in [3.8, 4) is 0 Å². The molecule has 11 nitrogen and oxygen atoms in total. The first-order valence-corrected chi connectivity index (χ1v) is 12.5. The molecule has 1 aromatic rings. The van der Waals surface area contributed by atoms with E-state index in [1.165, 1.54) is 7.11 Å². The summed E-state index contributed by atoms with van der Waals surface area (Å²) in [6.07, 6.45) is 0. The summed E-state index contributed by atoms with van der Waals surface area (Å²) in [5.74, 6) is -2.44. The fourth-order valence-corrected chi connectivity index (χ4v) is 3.71. The van der Waals surface area contributed by atoms with Crippen molar-refractivity contribution in [1.82, 2.24) is 5.32 Å². The van der Waals surface area contributed by atoms with Crippen molar-refractivity contribution >= 4 is 33.7 Å². The predicted octanol–water partition coefficient (Wildman–Crippen LogP) is 1.13. The van der Waals surface area contributed by atoms with Crippen LogP contribution < -0.4 is 11.1 Å². The Bertz CT molecular complexity index is 1050. The lowest BCUT2D eigenvalue weighted by Crippen LogP contribution is -2.35. The molecule has 5 N–H and O–H groups in total. The molecular weight excluding hydrogens is 504 g/mol. The summed E-state index contributed by atoms with van der Waals surface area (Å²) < 4.78 is 42.9. The van der Waals surface area contributed by atoms with Gasteiger partial charge in [-0.1, -0.05) is 29.8 Å². The number of aliphatic hydroxyl groups excluding tert-OH is 1. The van der Waals surface area contributed by atoms with Crippen LogP contribution >= 0.6 is 11.6 Å². The number of methoxy groups -OCH3 is 1. The van der Waals surface area contributed by atoms with Gasteiger partial charge >= 0.3 is 11.9 Å². The van der Waals surface area contributed by atoms with Gasteiger partial charge in [0.05, 0.1) is 62.1 Å². The normalized spacial score (nSPS) is 15.7. The van der Waals surface area contributed by atoms with Gasteiger partial charge in [0.2, 0.25) is 0 Å². The lowest BCUT2D eigenvalue weighted by molar-refractivity contribution is -0.139. The van der Waals surface area contributed by atoms with E-state index in [9.17, 15) is 18.0 Å². The number of carbonyl (C=O) groups is 2. The number of halogens is 1. The van der Waals surface area contributed by atoms with Crippen molar-refractivity contribution in [2.75, 3.05) is 45.8 Å². The maximum absolute atomic E-state index is 12.9.